The lowest BCUT2D eigenvalue weighted by Crippen LogP contribution is -2.42. The summed E-state index contributed by atoms with van der Waals surface area (Å²) in [7, 11) is 0. The van der Waals surface area contributed by atoms with Gasteiger partial charge in [0.1, 0.15) is 5.82 Å². The highest BCUT2D eigenvalue weighted by atomic mass is 19.1. The second-order valence-electron chi connectivity index (χ2n) is 8.82. The zero-order chi connectivity index (χ0) is 21.5. The van der Waals surface area contributed by atoms with Crippen molar-refractivity contribution in [3.8, 4) is 5.75 Å². The van der Waals surface area contributed by atoms with Crippen LogP contribution in [0.5, 0.6) is 5.75 Å². The Bertz CT molecular complexity index is 1150. The lowest BCUT2D eigenvalue weighted by Gasteiger charge is -2.36. The first-order chi connectivity index (χ1) is 15.0. The van der Waals surface area contributed by atoms with Gasteiger partial charge in [-0.3, -0.25) is 9.36 Å². The predicted molar refractivity (Wildman–Crippen MR) is 116 cm³/mol. The maximum absolute atomic E-state index is 13.4. The average Bonchev–Trinajstić information content (AvgIpc) is 3.18. The van der Waals surface area contributed by atoms with E-state index in [4.69, 9.17) is 4.52 Å². The van der Waals surface area contributed by atoms with E-state index < -0.39 is 0 Å². The van der Waals surface area contributed by atoms with Gasteiger partial charge in [-0.05, 0) is 69.9 Å². The number of rotatable bonds is 4. The molecule has 0 amide bonds. The number of fused-ring (bicyclic) bond motifs is 2. The van der Waals surface area contributed by atoms with Gasteiger partial charge in [0.2, 0.25) is 0 Å². The van der Waals surface area contributed by atoms with E-state index in [1.165, 1.54) is 24.3 Å². The predicted octanol–water partition coefficient (Wildman–Crippen LogP) is 3.53. The SMILES string of the molecule is CC1Nc2c(O)ccc(=O)n2CC1CCN1CCC(c2noc3cc(F)ccc23)CC1. The van der Waals surface area contributed by atoms with Gasteiger partial charge in [0, 0.05) is 36.0 Å². The van der Waals surface area contributed by atoms with Crippen molar-refractivity contribution in [2.45, 2.75) is 44.7 Å². The lowest BCUT2D eigenvalue weighted by atomic mass is 9.90. The Kier molecular flexibility index (Phi) is 5.17. The molecule has 0 bridgehead atoms. The Morgan fingerprint density at radius 1 is 1.26 bits per heavy atom. The smallest absolute Gasteiger partial charge is 0.252 e. The average molecular weight is 426 g/mol. The molecule has 2 aliphatic heterocycles. The first-order valence-corrected chi connectivity index (χ1v) is 11.0. The number of nitrogens with one attached hydrogen (secondary N) is 1. The minimum absolute atomic E-state index is 0.0854. The van der Waals surface area contributed by atoms with Gasteiger partial charge in [0.15, 0.2) is 17.2 Å². The zero-order valence-corrected chi connectivity index (χ0v) is 17.6. The van der Waals surface area contributed by atoms with Crippen LogP contribution in [0.2, 0.25) is 0 Å². The number of piperidine rings is 1. The molecule has 0 spiro atoms. The molecule has 2 aliphatic rings. The largest absolute Gasteiger partial charge is 0.504 e. The van der Waals surface area contributed by atoms with Crippen LogP contribution in [0.25, 0.3) is 11.0 Å². The van der Waals surface area contributed by atoms with Crippen LogP contribution in [0.3, 0.4) is 0 Å². The Hall–Kier alpha value is -2.87. The summed E-state index contributed by atoms with van der Waals surface area (Å²) >= 11 is 0. The molecule has 1 aromatic carbocycles. The zero-order valence-electron chi connectivity index (χ0n) is 17.6. The van der Waals surface area contributed by atoms with E-state index in [9.17, 15) is 14.3 Å². The Labute approximate surface area is 179 Å². The van der Waals surface area contributed by atoms with Crippen LogP contribution in [-0.4, -0.2) is 45.4 Å². The second kappa shape index (κ2) is 8.00. The molecule has 2 unspecified atom stereocenters. The van der Waals surface area contributed by atoms with Crippen molar-refractivity contribution in [1.82, 2.24) is 14.6 Å². The van der Waals surface area contributed by atoms with Gasteiger partial charge in [-0.15, -0.1) is 0 Å². The Morgan fingerprint density at radius 2 is 2.06 bits per heavy atom. The van der Waals surface area contributed by atoms with Crippen molar-refractivity contribution in [3.63, 3.8) is 0 Å². The summed E-state index contributed by atoms with van der Waals surface area (Å²) in [5, 5.41) is 18.5. The van der Waals surface area contributed by atoms with E-state index in [2.05, 4.69) is 22.3 Å². The standard InChI is InChI=1S/C23H27FN4O3/c1-14-16(13-28-21(30)5-4-19(29)23(28)25-14)8-11-27-9-6-15(7-10-27)22-18-3-2-17(24)12-20(18)31-26-22/h2-5,12,14-16,25,29H,6-11,13H2,1H3. The van der Waals surface area contributed by atoms with Crippen LogP contribution in [-0.2, 0) is 6.54 Å². The van der Waals surface area contributed by atoms with Gasteiger partial charge in [-0.25, -0.2) is 4.39 Å². The third-order valence-corrected chi connectivity index (χ3v) is 6.90. The number of aromatic nitrogens is 2. The van der Waals surface area contributed by atoms with Crippen LogP contribution < -0.4 is 10.9 Å². The maximum Gasteiger partial charge on any atom is 0.252 e. The van der Waals surface area contributed by atoms with Gasteiger partial charge >= 0.3 is 0 Å². The molecule has 5 rings (SSSR count). The molecule has 7 nitrogen and oxygen atoms in total. The first-order valence-electron chi connectivity index (χ1n) is 11.0. The lowest BCUT2D eigenvalue weighted by molar-refractivity contribution is 0.186. The van der Waals surface area contributed by atoms with Crippen LogP contribution in [0, 0.1) is 11.7 Å². The van der Waals surface area contributed by atoms with Crippen LogP contribution >= 0.6 is 0 Å². The summed E-state index contributed by atoms with van der Waals surface area (Å²) in [5.74, 6) is 0.981. The molecule has 31 heavy (non-hydrogen) atoms. The fraction of sp³-hybridized carbons (Fsp3) is 0.478. The molecule has 164 valence electrons. The summed E-state index contributed by atoms with van der Waals surface area (Å²) in [4.78, 5) is 14.7. The molecule has 0 aliphatic carbocycles. The van der Waals surface area contributed by atoms with Crippen molar-refractivity contribution in [3.05, 3.63) is 52.2 Å². The first kappa shape index (κ1) is 20.1. The molecule has 1 fully saturated rings. The number of pyridine rings is 1. The number of hydrogen-bond donors (Lipinski definition) is 2. The molecule has 3 aromatic rings. The van der Waals surface area contributed by atoms with E-state index in [1.807, 2.05) is 0 Å². The minimum Gasteiger partial charge on any atom is -0.504 e. The molecule has 8 heteroatoms. The number of likely N-dealkylation sites (tertiary alicyclic amines) is 1. The number of anilines is 1. The number of aromatic hydroxyl groups is 1. The van der Waals surface area contributed by atoms with Gasteiger partial charge < -0.3 is 19.8 Å². The third-order valence-electron chi connectivity index (χ3n) is 6.90. The van der Waals surface area contributed by atoms with E-state index in [0.29, 0.717) is 29.8 Å². The summed E-state index contributed by atoms with van der Waals surface area (Å²) in [6, 6.07) is 7.67. The van der Waals surface area contributed by atoms with Gasteiger partial charge in [-0.1, -0.05) is 5.16 Å². The summed E-state index contributed by atoms with van der Waals surface area (Å²) < 4.78 is 20.4. The van der Waals surface area contributed by atoms with Gasteiger partial charge in [0.25, 0.3) is 5.56 Å². The van der Waals surface area contributed by atoms with Crippen LogP contribution in [0.4, 0.5) is 10.2 Å². The second-order valence-corrected chi connectivity index (χ2v) is 8.82. The van der Waals surface area contributed by atoms with E-state index >= 15 is 0 Å². The van der Waals surface area contributed by atoms with Crippen molar-refractivity contribution in [1.29, 1.82) is 0 Å². The molecule has 2 aromatic heterocycles. The minimum atomic E-state index is -0.309. The van der Waals surface area contributed by atoms with Crippen molar-refractivity contribution < 1.29 is 14.0 Å². The summed E-state index contributed by atoms with van der Waals surface area (Å²) in [6.07, 6.45) is 2.97. The number of hydrogen-bond acceptors (Lipinski definition) is 6. The van der Waals surface area contributed by atoms with Gasteiger partial charge in [-0.2, -0.15) is 0 Å². The summed E-state index contributed by atoms with van der Waals surface area (Å²) in [6.45, 7) is 5.65. The van der Waals surface area contributed by atoms with Crippen molar-refractivity contribution in [2.75, 3.05) is 25.0 Å². The molecule has 1 saturated heterocycles. The molecule has 0 saturated carbocycles. The summed E-state index contributed by atoms with van der Waals surface area (Å²) in [5.41, 5.74) is 1.37. The Morgan fingerprint density at radius 3 is 2.87 bits per heavy atom. The number of benzene rings is 1. The molecule has 4 heterocycles. The third kappa shape index (κ3) is 3.80. The number of nitrogens with zero attached hydrogens (tertiary/aromatic N) is 3. The number of halogens is 1. The van der Waals surface area contributed by atoms with Crippen molar-refractivity contribution in [2.24, 2.45) is 5.92 Å². The monoisotopic (exact) mass is 426 g/mol. The highest BCUT2D eigenvalue weighted by Crippen LogP contribution is 2.34. The van der Waals surface area contributed by atoms with Crippen molar-refractivity contribution >= 4 is 16.8 Å². The molecule has 2 atom stereocenters. The van der Waals surface area contributed by atoms with E-state index in [0.717, 1.165) is 50.0 Å². The maximum atomic E-state index is 13.4. The van der Waals surface area contributed by atoms with Gasteiger partial charge in [0.05, 0.1) is 5.69 Å². The molecule has 2 N–H and O–H groups in total. The van der Waals surface area contributed by atoms with Crippen LogP contribution in [0.1, 0.15) is 37.8 Å². The quantitative estimate of drug-likeness (QED) is 0.664. The fourth-order valence-electron chi connectivity index (χ4n) is 4.97. The Balaban J connectivity index is 1.18. The highest BCUT2D eigenvalue weighted by Gasteiger charge is 2.29. The highest BCUT2D eigenvalue weighted by molar-refractivity contribution is 5.79. The fourth-order valence-corrected chi connectivity index (χ4v) is 4.97. The molecule has 0 radical (unpaired) electrons. The topological polar surface area (TPSA) is 83.5 Å². The van der Waals surface area contributed by atoms with E-state index in [1.54, 1.807) is 10.6 Å². The molecular weight excluding hydrogens is 399 g/mol. The van der Waals surface area contributed by atoms with Crippen LogP contribution in [0.15, 0.2) is 39.6 Å². The normalized spacial score (nSPS) is 22.4. The van der Waals surface area contributed by atoms with E-state index in [-0.39, 0.29) is 23.2 Å². The molecular formula is C23H27FN4O3.